The minimum absolute atomic E-state index is 0.0314. The molecule has 0 aliphatic carbocycles. The molecular formula is C23H28N8O. The maximum atomic E-state index is 11.8. The number of carbonyl (C=O) groups excluding carboxylic acids is 1. The molecule has 0 fully saturated rings. The Hall–Kier alpha value is -3.98. The maximum absolute atomic E-state index is 11.8. The van der Waals surface area contributed by atoms with Crippen LogP contribution in [0.1, 0.15) is 46.5 Å². The first-order chi connectivity index (χ1) is 15.5. The van der Waals surface area contributed by atoms with E-state index in [-0.39, 0.29) is 23.5 Å². The zero-order valence-corrected chi connectivity index (χ0v) is 18.8. The average Bonchev–Trinajstić information content (AvgIpc) is 3.14. The SMILES string of the molecule is [C-]#[N+]c1nc(N=Nc2ccc(N(CCCC)CCCC)cc2NC(C)=O)n(C=C)c1[N+]#[C-]. The first-order valence-electron chi connectivity index (χ1n) is 10.6. The van der Waals surface area contributed by atoms with E-state index in [2.05, 4.69) is 55.5 Å². The van der Waals surface area contributed by atoms with Crippen molar-refractivity contribution in [2.75, 3.05) is 23.3 Å². The lowest BCUT2D eigenvalue weighted by atomic mass is 10.2. The highest BCUT2D eigenvalue weighted by Crippen LogP contribution is 2.35. The van der Waals surface area contributed by atoms with Crippen LogP contribution in [0.25, 0.3) is 15.9 Å². The number of amides is 1. The molecule has 0 unspecified atom stereocenters. The van der Waals surface area contributed by atoms with Crippen LogP contribution in [0, 0.1) is 13.1 Å². The van der Waals surface area contributed by atoms with Gasteiger partial charge in [-0.1, -0.05) is 56.5 Å². The number of imidazole rings is 1. The Morgan fingerprint density at radius 2 is 1.91 bits per heavy atom. The molecule has 1 amide bonds. The molecule has 0 radical (unpaired) electrons. The van der Waals surface area contributed by atoms with Crippen LogP contribution in [0.2, 0.25) is 0 Å². The first-order valence-corrected chi connectivity index (χ1v) is 10.6. The van der Waals surface area contributed by atoms with E-state index in [1.807, 2.05) is 12.1 Å². The van der Waals surface area contributed by atoms with E-state index in [1.165, 1.54) is 17.7 Å². The summed E-state index contributed by atoms with van der Waals surface area (Å²) < 4.78 is 1.31. The van der Waals surface area contributed by atoms with Crippen molar-refractivity contribution in [3.63, 3.8) is 0 Å². The van der Waals surface area contributed by atoms with Crippen LogP contribution in [0.3, 0.4) is 0 Å². The van der Waals surface area contributed by atoms with E-state index in [0.29, 0.717) is 11.4 Å². The van der Waals surface area contributed by atoms with Crippen molar-refractivity contribution in [3.05, 3.63) is 47.6 Å². The summed E-state index contributed by atoms with van der Waals surface area (Å²) in [5.74, 6) is -0.176. The Labute approximate surface area is 189 Å². The van der Waals surface area contributed by atoms with Gasteiger partial charge in [-0.05, 0) is 31.0 Å². The summed E-state index contributed by atoms with van der Waals surface area (Å²) in [5.41, 5.74) is 1.99. The number of anilines is 2. The summed E-state index contributed by atoms with van der Waals surface area (Å²) in [4.78, 5) is 24.7. The Bertz CT molecular complexity index is 1060. The van der Waals surface area contributed by atoms with Crippen molar-refractivity contribution in [1.29, 1.82) is 0 Å². The van der Waals surface area contributed by atoms with Crippen LogP contribution >= 0.6 is 0 Å². The number of hydrogen-bond acceptors (Lipinski definition) is 5. The Morgan fingerprint density at radius 1 is 1.22 bits per heavy atom. The van der Waals surface area contributed by atoms with Gasteiger partial charge in [0.15, 0.2) is 0 Å². The zero-order chi connectivity index (χ0) is 23.5. The number of benzene rings is 1. The fourth-order valence-corrected chi connectivity index (χ4v) is 3.08. The molecule has 9 heteroatoms. The van der Waals surface area contributed by atoms with Crippen molar-refractivity contribution in [2.24, 2.45) is 10.2 Å². The highest BCUT2D eigenvalue weighted by atomic mass is 16.1. The van der Waals surface area contributed by atoms with Gasteiger partial charge in [0.2, 0.25) is 5.91 Å². The second-order valence-corrected chi connectivity index (χ2v) is 7.11. The lowest BCUT2D eigenvalue weighted by Crippen LogP contribution is -2.25. The predicted octanol–water partition coefficient (Wildman–Crippen LogP) is 6.87. The van der Waals surface area contributed by atoms with Gasteiger partial charge in [-0.25, -0.2) is 4.57 Å². The second kappa shape index (κ2) is 12.0. The van der Waals surface area contributed by atoms with E-state index in [1.54, 1.807) is 6.07 Å². The van der Waals surface area contributed by atoms with Crippen LogP contribution < -0.4 is 10.2 Å². The molecule has 2 aromatic rings. The molecule has 2 rings (SSSR count). The monoisotopic (exact) mass is 432 g/mol. The second-order valence-electron chi connectivity index (χ2n) is 7.11. The predicted molar refractivity (Wildman–Crippen MR) is 128 cm³/mol. The van der Waals surface area contributed by atoms with E-state index in [4.69, 9.17) is 13.1 Å². The Morgan fingerprint density at radius 3 is 2.44 bits per heavy atom. The van der Waals surface area contributed by atoms with Gasteiger partial charge in [0.1, 0.15) is 5.69 Å². The fraction of sp³-hybridized carbons (Fsp3) is 0.391. The molecule has 1 N–H and O–H groups in total. The summed E-state index contributed by atoms with van der Waals surface area (Å²) in [5, 5.41) is 11.2. The first kappa shape index (κ1) is 24.3. The quantitative estimate of drug-likeness (QED) is 0.311. The highest BCUT2D eigenvalue weighted by Gasteiger charge is 2.20. The van der Waals surface area contributed by atoms with Gasteiger partial charge in [0.05, 0.1) is 11.9 Å². The molecule has 0 bridgehead atoms. The number of hydrogen-bond donors (Lipinski definition) is 1. The molecular weight excluding hydrogens is 404 g/mol. The molecule has 0 saturated carbocycles. The molecule has 0 saturated heterocycles. The number of azo groups is 1. The molecule has 0 aliphatic heterocycles. The highest BCUT2D eigenvalue weighted by molar-refractivity contribution is 5.93. The van der Waals surface area contributed by atoms with Crippen molar-refractivity contribution in [3.8, 4) is 0 Å². The van der Waals surface area contributed by atoms with E-state index in [9.17, 15) is 4.79 Å². The normalized spacial score (nSPS) is 10.5. The zero-order valence-electron chi connectivity index (χ0n) is 18.8. The summed E-state index contributed by atoms with van der Waals surface area (Å²) in [6.07, 6.45) is 5.72. The third-order valence-electron chi connectivity index (χ3n) is 4.71. The number of carbonyl (C=O) groups is 1. The number of aromatic nitrogens is 2. The number of nitrogens with zero attached hydrogens (tertiary/aromatic N) is 7. The molecule has 1 aromatic carbocycles. The number of nitrogens with one attached hydrogen (secondary N) is 1. The Balaban J connectivity index is 2.45. The number of unbranched alkanes of at least 4 members (excludes halogenated alkanes) is 2. The van der Waals surface area contributed by atoms with Gasteiger partial charge < -0.3 is 19.9 Å². The lowest BCUT2D eigenvalue weighted by Gasteiger charge is -2.25. The van der Waals surface area contributed by atoms with E-state index >= 15 is 0 Å². The molecule has 9 nitrogen and oxygen atoms in total. The van der Waals surface area contributed by atoms with Crippen molar-refractivity contribution < 1.29 is 4.79 Å². The summed E-state index contributed by atoms with van der Waals surface area (Å²) >= 11 is 0. The number of rotatable bonds is 11. The molecule has 0 spiro atoms. The van der Waals surface area contributed by atoms with Crippen LogP contribution in [-0.2, 0) is 4.79 Å². The minimum atomic E-state index is -0.217. The topological polar surface area (TPSA) is 83.6 Å². The minimum Gasteiger partial charge on any atom is -0.373 e. The lowest BCUT2D eigenvalue weighted by molar-refractivity contribution is -0.114. The molecule has 1 heterocycles. The van der Waals surface area contributed by atoms with Crippen molar-refractivity contribution in [1.82, 2.24) is 9.55 Å². The fourth-order valence-electron chi connectivity index (χ4n) is 3.08. The van der Waals surface area contributed by atoms with Crippen LogP contribution in [0.4, 0.5) is 34.6 Å². The third kappa shape index (κ3) is 6.02. The van der Waals surface area contributed by atoms with Gasteiger partial charge in [-0.3, -0.25) is 4.79 Å². The van der Waals surface area contributed by atoms with Gasteiger partial charge in [0, 0.05) is 25.7 Å². The van der Waals surface area contributed by atoms with Gasteiger partial charge in [-0.2, -0.15) is 0 Å². The molecule has 0 atom stereocenters. The average molecular weight is 433 g/mol. The molecule has 1 aromatic heterocycles. The van der Waals surface area contributed by atoms with Gasteiger partial charge in [0.25, 0.3) is 11.6 Å². The standard InChI is InChI=1S/C23H28N8O/c1-7-10-14-30(15-11-8-2)18-12-13-19(20(16-18)26-17(4)32)28-29-23-27-21(24-5)22(25-6)31(23)9-3/h9,12-13,16H,3,7-8,10-11,14-15H2,1-2,4H3,(H,26,32). The summed E-state index contributed by atoms with van der Waals surface area (Å²) in [7, 11) is 0. The largest absolute Gasteiger partial charge is 0.421 e. The van der Waals surface area contributed by atoms with E-state index < -0.39 is 0 Å². The molecule has 0 aliphatic rings. The van der Waals surface area contributed by atoms with Gasteiger partial charge >= 0.3 is 5.95 Å². The van der Waals surface area contributed by atoms with Crippen LogP contribution in [0.15, 0.2) is 35.0 Å². The van der Waals surface area contributed by atoms with E-state index in [0.717, 1.165) is 44.5 Å². The van der Waals surface area contributed by atoms with Gasteiger partial charge in [-0.15, -0.1) is 5.11 Å². The summed E-state index contributed by atoms with van der Waals surface area (Å²) in [6.45, 7) is 25.7. The third-order valence-corrected chi connectivity index (χ3v) is 4.71. The Kier molecular flexibility index (Phi) is 9.12. The van der Waals surface area contributed by atoms with Crippen molar-refractivity contribution >= 4 is 46.8 Å². The van der Waals surface area contributed by atoms with Crippen LogP contribution in [-0.4, -0.2) is 28.5 Å². The summed E-state index contributed by atoms with van der Waals surface area (Å²) in [6, 6.07) is 5.65. The molecule has 32 heavy (non-hydrogen) atoms. The van der Waals surface area contributed by atoms with Crippen molar-refractivity contribution in [2.45, 2.75) is 46.5 Å². The smallest absolute Gasteiger partial charge is 0.373 e. The maximum Gasteiger partial charge on any atom is 0.421 e. The molecule has 166 valence electrons. The van der Waals surface area contributed by atoms with Crippen LogP contribution in [0.5, 0.6) is 0 Å².